The van der Waals surface area contributed by atoms with Gasteiger partial charge in [0, 0.05) is 43.5 Å². The van der Waals surface area contributed by atoms with E-state index in [0.29, 0.717) is 25.4 Å². The Morgan fingerprint density at radius 3 is 2.75 bits per heavy atom. The van der Waals surface area contributed by atoms with Crippen molar-refractivity contribution < 1.29 is 9.53 Å². The number of benzene rings is 1. The summed E-state index contributed by atoms with van der Waals surface area (Å²) in [6.07, 6.45) is 3.29. The molecule has 1 aromatic heterocycles. The van der Waals surface area contributed by atoms with Crippen molar-refractivity contribution in [3.63, 3.8) is 0 Å². The predicted molar refractivity (Wildman–Crippen MR) is 110 cm³/mol. The van der Waals surface area contributed by atoms with E-state index in [4.69, 9.17) is 4.74 Å². The Kier molecular flexibility index (Phi) is 6.84. The number of hydrogen-bond donors (Lipinski definition) is 2. The number of amides is 1. The number of pyridine rings is 1. The molecular formula is C21H27N5O2. The molecule has 7 heteroatoms. The van der Waals surface area contributed by atoms with Crippen LogP contribution in [-0.4, -0.2) is 37.1 Å². The fourth-order valence-electron chi connectivity index (χ4n) is 3.14. The number of methoxy groups -OCH3 is 1. The third-order valence-electron chi connectivity index (χ3n) is 4.57. The second-order valence-corrected chi connectivity index (χ2v) is 6.54. The van der Waals surface area contributed by atoms with E-state index in [1.807, 2.05) is 48.2 Å². The molecule has 1 amide bonds. The molecule has 2 aromatic rings. The first kappa shape index (κ1) is 19.7. The number of guanidine groups is 1. The zero-order valence-electron chi connectivity index (χ0n) is 16.4. The van der Waals surface area contributed by atoms with Gasteiger partial charge in [-0.3, -0.25) is 4.79 Å². The molecule has 2 heterocycles. The van der Waals surface area contributed by atoms with Crippen LogP contribution < -0.4 is 20.3 Å². The minimum absolute atomic E-state index is 0.204. The summed E-state index contributed by atoms with van der Waals surface area (Å²) in [6, 6.07) is 11.9. The number of carbonyl (C=O) groups excluding carboxylic acids is 1. The minimum atomic E-state index is 0.204. The van der Waals surface area contributed by atoms with E-state index < -0.39 is 0 Å². The standard InChI is InChI=1S/C21H27N5O2/c1-3-22-21(25-15-17-6-4-12-23-20(17)28-2)24-14-16-8-10-18(11-9-16)26-13-5-7-19(26)27/h4,6,8-12H,3,5,7,13-15H2,1-2H3,(H2,22,24,25). The Balaban J connectivity index is 1.61. The molecule has 1 aliphatic rings. The first-order valence-corrected chi connectivity index (χ1v) is 9.60. The number of ether oxygens (including phenoxy) is 1. The van der Waals surface area contributed by atoms with Gasteiger partial charge in [-0.05, 0) is 37.1 Å². The van der Waals surface area contributed by atoms with Crippen LogP contribution in [0, 0.1) is 0 Å². The predicted octanol–water partition coefficient (Wildman–Crippen LogP) is 2.47. The van der Waals surface area contributed by atoms with E-state index in [0.717, 1.165) is 42.3 Å². The summed E-state index contributed by atoms with van der Waals surface area (Å²) in [4.78, 5) is 22.6. The van der Waals surface area contributed by atoms with Gasteiger partial charge in [0.25, 0.3) is 0 Å². The smallest absolute Gasteiger partial charge is 0.227 e. The maximum atomic E-state index is 11.9. The van der Waals surface area contributed by atoms with Crippen molar-refractivity contribution in [3.05, 3.63) is 53.7 Å². The first-order chi connectivity index (χ1) is 13.7. The molecular weight excluding hydrogens is 354 g/mol. The van der Waals surface area contributed by atoms with Crippen molar-refractivity contribution in [2.24, 2.45) is 4.99 Å². The van der Waals surface area contributed by atoms with Gasteiger partial charge < -0.3 is 20.3 Å². The molecule has 0 bridgehead atoms. The maximum absolute atomic E-state index is 11.9. The molecule has 0 saturated carbocycles. The largest absolute Gasteiger partial charge is 0.481 e. The van der Waals surface area contributed by atoms with E-state index in [1.54, 1.807) is 13.3 Å². The van der Waals surface area contributed by atoms with Crippen molar-refractivity contribution in [1.29, 1.82) is 0 Å². The number of anilines is 1. The van der Waals surface area contributed by atoms with E-state index in [9.17, 15) is 4.79 Å². The summed E-state index contributed by atoms with van der Waals surface area (Å²) >= 11 is 0. The molecule has 1 saturated heterocycles. The van der Waals surface area contributed by atoms with Gasteiger partial charge in [-0.15, -0.1) is 0 Å². The number of nitrogens with one attached hydrogen (secondary N) is 2. The van der Waals surface area contributed by atoms with Gasteiger partial charge in [0.05, 0.1) is 13.7 Å². The summed E-state index contributed by atoms with van der Waals surface area (Å²) in [5.74, 6) is 1.54. The van der Waals surface area contributed by atoms with Gasteiger partial charge in [0.15, 0.2) is 5.96 Å². The molecule has 0 aliphatic carbocycles. The highest BCUT2D eigenvalue weighted by molar-refractivity contribution is 5.95. The van der Waals surface area contributed by atoms with Gasteiger partial charge in [0.2, 0.25) is 11.8 Å². The topological polar surface area (TPSA) is 78.9 Å². The van der Waals surface area contributed by atoms with Gasteiger partial charge in [0.1, 0.15) is 0 Å². The number of aliphatic imine (C=N–C) groups is 1. The number of carbonyl (C=O) groups is 1. The molecule has 28 heavy (non-hydrogen) atoms. The van der Waals surface area contributed by atoms with Crippen LogP contribution in [0.5, 0.6) is 5.88 Å². The van der Waals surface area contributed by atoms with Crippen molar-refractivity contribution >= 4 is 17.6 Å². The van der Waals surface area contributed by atoms with E-state index in [-0.39, 0.29) is 5.91 Å². The fourth-order valence-corrected chi connectivity index (χ4v) is 3.14. The monoisotopic (exact) mass is 381 g/mol. The van der Waals surface area contributed by atoms with Crippen molar-refractivity contribution in [2.45, 2.75) is 32.9 Å². The molecule has 1 aromatic carbocycles. The highest BCUT2D eigenvalue weighted by Crippen LogP contribution is 2.21. The molecule has 2 N–H and O–H groups in total. The Hall–Kier alpha value is -3.09. The maximum Gasteiger partial charge on any atom is 0.227 e. The van der Waals surface area contributed by atoms with E-state index in [2.05, 4.69) is 20.6 Å². The van der Waals surface area contributed by atoms with Crippen LogP contribution in [0.4, 0.5) is 5.69 Å². The molecule has 0 atom stereocenters. The van der Waals surface area contributed by atoms with Gasteiger partial charge in [-0.1, -0.05) is 18.2 Å². The Labute approximate surface area is 165 Å². The second kappa shape index (κ2) is 9.73. The summed E-state index contributed by atoms with van der Waals surface area (Å²) < 4.78 is 5.29. The lowest BCUT2D eigenvalue weighted by molar-refractivity contribution is -0.117. The molecule has 148 valence electrons. The Bertz CT molecular complexity index is 820. The van der Waals surface area contributed by atoms with Crippen molar-refractivity contribution in [1.82, 2.24) is 15.6 Å². The van der Waals surface area contributed by atoms with Crippen molar-refractivity contribution in [3.8, 4) is 5.88 Å². The first-order valence-electron chi connectivity index (χ1n) is 9.60. The molecule has 3 rings (SSSR count). The van der Waals surface area contributed by atoms with E-state index in [1.165, 1.54) is 0 Å². The lowest BCUT2D eigenvalue weighted by Crippen LogP contribution is -2.36. The summed E-state index contributed by atoms with van der Waals surface area (Å²) in [5.41, 5.74) is 3.02. The van der Waals surface area contributed by atoms with Gasteiger partial charge in [-0.25, -0.2) is 9.98 Å². The van der Waals surface area contributed by atoms with Crippen LogP contribution in [0.25, 0.3) is 0 Å². The minimum Gasteiger partial charge on any atom is -0.481 e. The molecule has 1 aliphatic heterocycles. The van der Waals surface area contributed by atoms with Gasteiger partial charge in [-0.2, -0.15) is 0 Å². The van der Waals surface area contributed by atoms with Crippen LogP contribution in [-0.2, 0) is 17.9 Å². The van der Waals surface area contributed by atoms with Crippen LogP contribution in [0.3, 0.4) is 0 Å². The zero-order valence-corrected chi connectivity index (χ0v) is 16.4. The lowest BCUT2D eigenvalue weighted by Gasteiger charge is -2.16. The van der Waals surface area contributed by atoms with E-state index >= 15 is 0 Å². The molecule has 0 unspecified atom stereocenters. The molecule has 0 spiro atoms. The summed E-state index contributed by atoms with van der Waals surface area (Å²) in [5, 5.41) is 6.56. The second-order valence-electron chi connectivity index (χ2n) is 6.54. The number of hydrogen-bond acceptors (Lipinski definition) is 4. The quantitative estimate of drug-likeness (QED) is 0.569. The Morgan fingerprint density at radius 1 is 1.25 bits per heavy atom. The molecule has 7 nitrogen and oxygen atoms in total. The van der Waals surface area contributed by atoms with Crippen LogP contribution in [0.15, 0.2) is 47.6 Å². The number of aromatic nitrogens is 1. The summed E-state index contributed by atoms with van der Waals surface area (Å²) in [6.45, 7) is 4.73. The average Bonchev–Trinajstić information content (AvgIpc) is 3.16. The number of nitrogens with zero attached hydrogens (tertiary/aromatic N) is 3. The lowest BCUT2D eigenvalue weighted by atomic mass is 10.2. The fraction of sp³-hybridized carbons (Fsp3) is 0.381. The molecule has 1 fully saturated rings. The highest BCUT2D eigenvalue weighted by atomic mass is 16.5. The van der Waals surface area contributed by atoms with Crippen LogP contribution >= 0.6 is 0 Å². The zero-order chi connectivity index (χ0) is 19.8. The normalized spacial score (nSPS) is 14.3. The van der Waals surface area contributed by atoms with Gasteiger partial charge >= 0.3 is 0 Å². The third-order valence-corrected chi connectivity index (χ3v) is 4.57. The average molecular weight is 381 g/mol. The number of rotatable bonds is 7. The Morgan fingerprint density at radius 2 is 2.07 bits per heavy atom. The van der Waals surface area contributed by atoms with Crippen LogP contribution in [0.1, 0.15) is 30.9 Å². The van der Waals surface area contributed by atoms with Crippen molar-refractivity contribution in [2.75, 3.05) is 25.1 Å². The third kappa shape index (κ3) is 5.00. The highest BCUT2D eigenvalue weighted by Gasteiger charge is 2.21. The molecule has 0 radical (unpaired) electrons. The van der Waals surface area contributed by atoms with Crippen LogP contribution in [0.2, 0.25) is 0 Å². The SMILES string of the molecule is CCNC(=NCc1ccc(N2CCCC2=O)cc1)NCc1cccnc1OC. The summed E-state index contributed by atoms with van der Waals surface area (Å²) in [7, 11) is 1.62.